The minimum absolute atomic E-state index is 0.00197. The number of nitrogens with zero attached hydrogens (tertiary/aromatic N) is 2. The van der Waals surface area contributed by atoms with Crippen LogP contribution < -0.4 is 14.2 Å². The molecule has 2 heterocycles. The molecule has 10 nitrogen and oxygen atoms in total. The van der Waals surface area contributed by atoms with E-state index in [2.05, 4.69) is 6.58 Å². The Kier molecular flexibility index (Phi) is 7.85. The Balaban J connectivity index is 1.58. The van der Waals surface area contributed by atoms with Gasteiger partial charge in [-0.3, -0.25) is 19.8 Å². The van der Waals surface area contributed by atoms with Crippen molar-refractivity contribution in [2.75, 3.05) is 20.4 Å². The van der Waals surface area contributed by atoms with Crippen LogP contribution in [0.1, 0.15) is 35.4 Å². The molecule has 2 aromatic carbocycles. The molecule has 0 saturated carbocycles. The first-order chi connectivity index (χ1) is 17.8. The predicted molar refractivity (Wildman–Crippen MR) is 129 cm³/mol. The maximum atomic E-state index is 13.9. The van der Waals surface area contributed by atoms with Crippen molar-refractivity contribution in [1.29, 1.82) is 0 Å². The number of carbonyl (C=O) groups is 1. The Labute approximate surface area is 212 Å². The average Bonchev–Trinajstić information content (AvgIpc) is 3.36. The largest absolute Gasteiger partial charge is 0.469 e. The number of halogens is 1. The zero-order valence-corrected chi connectivity index (χ0v) is 20.0. The Morgan fingerprint density at radius 2 is 2.11 bits per heavy atom. The van der Waals surface area contributed by atoms with Crippen LogP contribution in [0.15, 0.2) is 72.9 Å². The van der Waals surface area contributed by atoms with E-state index in [0.717, 1.165) is 23.3 Å². The highest BCUT2D eigenvalue weighted by Crippen LogP contribution is 2.41. The number of carbonyl (C=O) groups excluding carboxylic acids is 1. The van der Waals surface area contributed by atoms with Gasteiger partial charge in [0.1, 0.15) is 12.0 Å². The molecule has 37 heavy (non-hydrogen) atoms. The first kappa shape index (κ1) is 25.9. The van der Waals surface area contributed by atoms with Crippen molar-refractivity contribution >= 4 is 5.97 Å². The summed E-state index contributed by atoms with van der Waals surface area (Å²) in [6.45, 7) is 3.82. The number of rotatable bonds is 9. The quantitative estimate of drug-likeness (QED) is 0.174. The Bertz CT molecular complexity index is 1280. The minimum Gasteiger partial charge on any atom is -0.469 e. The minimum atomic E-state index is -1.09. The second-order valence-corrected chi connectivity index (χ2v) is 8.26. The zero-order valence-electron chi connectivity index (χ0n) is 20.0. The van der Waals surface area contributed by atoms with Crippen molar-refractivity contribution < 1.29 is 38.2 Å². The van der Waals surface area contributed by atoms with Gasteiger partial charge < -0.3 is 24.1 Å². The monoisotopic (exact) mass is 512 g/mol. The van der Waals surface area contributed by atoms with Crippen molar-refractivity contribution in [3.05, 3.63) is 99.7 Å². The lowest BCUT2D eigenvalue weighted by molar-refractivity contribution is -0.424. The van der Waals surface area contributed by atoms with Crippen LogP contribution in [0.5, 0.6) is 17.2 Å². The van der Waals surface area contributed by atoms with Gasteiger partial charge in [-0.25, -0.2) is 0 Å². The van der Waals surface area contributed by atoms with Crippen LogP contribution in [-0.4, -0.2) is 41.3 Å². The molecule has 0 saturated heterocycles. The van der Waals surface area contributed by atoms with E-state index in [1.165, 1.54) is 13.2 Å². The Morgan fingerprint density at radius 1 is 1.32 bits per heavy atom. The molecule has 0 aliphatic carbocycles. The summed E-state index contributed by atoms with van der Waals surface area (Å²) in [4.78, 5) is 24.3. The zero-order chi connectivity index (χ0) is 26.5. The highest BCUT2D eigenvalue weighted by atomic mass is 19.1. The molecule has 2 aliphatic rings. The highest BCUT2D eigenvalue weighted by molar-refractivity contribution is 5.70. The first-order valence-electron chi connectivity index (χ1n) is 11.3. The van der Waals surface area contributed by atoms with Crippen LogP contribution >= 0.6 is 0 Å². The maximum Gasteiger partial charge on any atom is 0.339 e. The molecule has 0 aromatic heterocycles. The van der Waals surface area contributed by atoms with Crippen LogP contribution in [-0.2, 0) is 16.0 Å². The third kappa shape index (κ3) is 5.63. The molecule has 0 radical (unpaired) electrons. The molecule has 2 atom stereocenters. The van der Waals surface area contributed by atoms with Crippen LogP contribution in [0.2, 0.25) is 0 Å². The summed E-state index contributed by atoms with van der Waals surface area (Å²) in [6, 6.07) is 9.64. The second-order valence-electron chi connectivity index (χ2n) is 8.26. The van der Waals surface area contributed by atoms with E-state index in [1.807, 2.05) is 6.07 Å². The van der Waals surface area contributed by atoms with Crippen LogP contribution in [0.3, 0.4) is 0 Å². The van der Waals surface area contributed by atoms with Crippen molar-refractivity contribution in [1.82, 2.24) is 4.90 Å². The van der Waals surface area contributed by atoms with E-state index < -0.39 is 34.7 Å². The maximum absolute atomic E-state index is 13.9. The summed E-state index contributed by atoms with van der Waals surface area (Å²) in [5.41, 5.74) is 1.25. The number of nitro groups is 1. The summed E-state index contributed by atoms with van der Waals surface area (Å²) in [7, 11) is 1.31. The van der Waals surface area contributed by atoms with Gasteiger partial charge >= 0.3 is 11.7 Å². The van der Waals surface area contributed by atoms with Crippen molar-refractivity contribution in [2.45, 2.75) is 25.1 Å². The van der Waals surface area contributed by atoms with Crippen molar-refractivity contribution in [3.8, 4) is 17.2 Å². The number of allylic oxidation sites excluding steroid dienone is 3. The number of aliphatic hydroxyl groups excluding tert-OH is 1. The van der Waals surface area contributed by atoms with Crippen LogP contribution in [0.4, 0.5) is 4.39 Å². The predicted octanol–water partition coefficient (Wildman–Crippen LogP) is 4.11. The molecule has 4 rings (SSSR count). The number of hydrogen-bond donors (Lipinski definition) is 1. The fourth-order valence-electron chi connectivity index (χ4n) is 4.29. The fourth-order valence-corrected chi connectivity index (χ4v) is 4.29. The Morgan fingerprint density at radius 3 is 2.84 bits per heavy atom. The smallest absolute Gasteiger partial charge is 0.339 e. The molecular weight excluding hydrogens is 487 g/mol. The number of benzene rings is 2. The normalized spacial score (nSPS) is 18.1. The number of methoxy groups -OCH3 is 1. The molecule has 1 N–H and O–H groups in total. The van der Waals surface area contributed by atoms with Gasteiger partial charge in [0.2, 0.25) is 12.6 Å². The molecule has 0 bridgehead atoms. The number of hydrogen-bond acceptors (Lipinski definition) is 9. The van der Waals surface area contributed by atoms with Gasteiger partial charge in [-0.15, -0.1) is 0 Å². The molecule has 194 valence electrons. The van der Waals surface area contributed by atoms with E-state index >= 15 is 0 Å². The molecule has 2 aliphatic heterocycles. The number of esters is 1. The molecule has 0 spiro atoms. The van der Waals surface area contributed by atoms with Crippen LogP contribution in [0, 0.1) is 10.1 Å². The van der Waals surface area contributed by atoms with Gasteiger partial charge in [-0.2, -0.15) is 4.39 Å². The topological polar surface area (TPSA) is 121 Å². The lowest BCUT2D eigenvalue weighted by Gasteiger charge is -2.39. The molecule has 2 unspecified atom stereocenters. The van der Waals surface area contributed by atoms with Crippen molar-refractivity contribution in [2.24, 2.45) is 0 Å². The van der Waals surface area contributed by atoms with E-state index in [4.69, 9.17) is 18.9 Å². The number of aliphatic hydroxyl groups is 1. The standard InChI is InChI=1S/C26H25FN2O8/c1-3-4-20(27)22(29(32)33)14-35-18-6-7-19-16(11-18)9-10-28(26(19)31)21(13-25(30)34-2)17-5-8-23-24(12-17)37-15-36-23/h3-8,11-12,14,21,26,31H,1,9-10,13,15H2,2H3/b20-4+,22-14-. The highest BCUT2D eigenvalue weighted by Gasteiger charge is 2.34. The van der Waals surface area contributed by atoms with E-state index in [0.29, 0.717) is 36.3 Å². The lowest BCUT2D eigenvalue weighted by atomic mass is 9.93. The van der Waals surface area contributed by atoms with Gasteiger partial charge in [0.05, 0.1) is 18.5 Å². The fraction of sp³-hybridized carbons (Fsp3) is 0.269. The van der Waals surface area contributed by atoms with Gasteiger partial charge in [0.15, 0.2) is 17.8 Å². The van der Waals surface area contributed by atoms with Crippen LogP contribution in [0.25, 0.3) is 0 Å². The van der Waals surface area contributed by atoms with E-state index in [9.17, 15) is 24.4 Å². The first-order valence-corrected chi connectivity index (χ1v) is 11.3. The second kappa shape index (κ2) is 11.2. The summed E-state index contributed by atoms with van der Waals surface area (Å²) in [6.07, 6.45) is 2.10. The third-order valence-corrected chi connectivity index (χ3v) is 6.13. The number of fused-ring (bicyclic) bond motifs is 2. The van der Waals surface area contributed by atoms with Gasteiger partial charge in [-0.05, 0) is 53.5 Å². The van der Waals surface area contributed by atoms with Crippen molar-refractivity contribution in [3.63, 3.8) is 0 Å². The van der Waals surface area contributed by atoms with Gasteiger partial charge in [-0.1, -0.05) is 24.8 Å². The third-order valence-electron chi connectivity index (χ3n) is 6.13. The molecule has 2 aromatic rings. The average molecular weight is 512 g/mol. The Hall–Kier alpha value is -4.22. The van der Waals surface area contributed by atoms with E-state index in [-0.39, 0.29) is 19.0 Å². The summed E-state index contributed by atoms with van der Waals surface area (Å²) in [5, 5.41) is 22.4. The molecular formula is C26H25FN2O8. The number of ether oxygens (including phenoxy) is 4. The molecule has 11 heteroatoms. The van der Waals surface area contributed by atoms with Gasteiger partial charge in [0, 0.05) is 12.6 Å². The molecule has 0 fully saturated rings. The summed E-state index contributed by atoms with van der Waals surface area (Å²) in [5.74, 6) is -0.124. The summed E-state index contributed by atoms with van der Waals surface area (Å²) < 4.78 is 35.0. The lowest BCUT2D eigenvalue weighted by Crippen LogP contribution is -2.39. The molecule has 0 amide bonds. The SMILES string of the molecule is C=C/C=C(F)\C(=C\Oc1ccc2c(c1)CCN(C(CC(=O)OC)c1ccc3c(c1)OCO3)C2O)[N+](=O)[O-]. The van der Waals surface area contributed by atoms with Gasteiger partial charge in [0.25, 0.3) is 0 Å². The summed E-state index contributed by atoms with van der Waals surface area (Å²) >= 11 is 0. The van der Waals surface area contributed by atoms with E-state index in [1.54, 1.807) is 29.2 Å².